The summed E-state index contributed by atoms with van der Waals surface area (Å²) in [6, 6.07) is 11.7. The highest BCUT2D eigenvalue weighted by atomic mass is 79.9. The Hall–Kier alpha value is -0.890. The van der Waals surface area contributed by atoms with Crippen LogP contribution < -0.4 is 10.5 Å². The normalized spacial score (nSPS) is 11.3. The van der Waals surface area contributed by atoms with Crippen molar-refractivity contribution in [1.82, 2.24) is 0 Å². The molecule has 0 atom stereocenters. The summed E-state index contributed by atoms with van der Waals surface area (Å²) in [6.45, 7) is 0.381. The molecule has 0 aliphatic rings. The van der Waals surface area contributed by atoms with Gasteiger partial charge in [0.15, 0.2) is 0 Å². The van der Waals surface area contributed by atoms with Crippen molar-refractivity contribution in [2.24, 2.45) is 5.73 Å². The maximum atomic E-state index is 12.3. The zero-order valence-electron chi connectivity index (χ0n) is 10.3. The van der Waals surface area contributed by atoms with E-state index in [2.05, 4.69) is 36.6 Å². The minimum absolute atomic E-state index is 0.199. The molecule has 0 spiro atoms. The Balaban J connectivity index is 2.30. The molecule has 0 fully saturated rings. The second-order valence-electron chi connectivity index (χ2n) is 4.08. The van der Waals surface area contributed by atoms with Crippen LogP contribution in [0.1, 0.15) is 5.56 Å². The highest BCUT2D eigenvalue weighted by Crippen LogP contribution is 2.28. The van der Waals surface area contributed by atoms with Crippen LogP contribution in [0.3, 0.4) is 0 Å². The third-order valence-corrected chi connectivity index (χ3v) is 5.18. The first-order valence-electron chi connectivity index (χ1n) is 5.69. The van der Waals surface area contributed by atoms with Crippen LogP contribution in [-0.4, -0.2) is 8.42 Å². The molecule has 7 heteroatoms. The smallest absolute Gasteiger partial charge is 0.261 e. The van der Waals surface area contributed by atoms with Gasteiger partial charge in [-0.15, -0.1) is 0 Å². The van der Waals surface area contributed by atoms with Crippen LogP contribution in [0.5, 0.6) is 0 Å². The first-order chi connectivity index (χ1) is 9.42. The van der Waals surface area contributed by atoms with Crippen molar-refractivity contribution >= 4 is 47.6 Å². The summed E-state index contributed by atoms with van der Waals surface area (Å²) in [5.41, 5.74) is 6.86. The highest BCUT2D eigenvalue weighted by Gasteiger charge is 2.15. The van der Waals surface area contributed by atoms with Crippen LogP contribution in [-0.2, 0) is 16.6 Å². The van der Waals surface area contributed by atoms with Crippen molar-refractivity contribution in [1.29, 1.82) is 0 Å². The first kappa shape index (κ1) is 15.5. The largest absolute Gasteiger partial charge is 0.326 e. The van der Waals surface area contributed by atoms with E-state index in [1.54, 1.807) is 30.3 Å². The van der Waals surface area contributed by atoms with E-state index in [0.29, 0.717) is 16.7 Å². The third-order valence-electron chi connectivity index (χ3n) is 2.64. The molecule has 2 aromatic rings. The Bertz CT molecular complexity index is 716. The van der Waals surface area contributed by atoms with Gasteiger partial charge in [-0.25, -0.2) is 8.42 Å². The minimum atomic E-state index is -3.61. The summed E-state index contributed by atoms with van der Waals surface area (Å²) in [4.78, 5) is 0.199. The molecule has 0 bridgehead atoms. The zero-order valence-corrected chi connectivity index (χ0v) is 14.3. The second kappa shape index (κ2) is 6.26. The van der Waals surface area contributed by atoms with E-state index >= 15 is 0 Å². The lowest BCUT2D eigenvalue weighted by atomic mass is 10.2. The Kier molecular flexibility index (Phi) is 4.85. The fourth-order valence-electron chi connectivity index (χ4n) is 1.58. The average Bonchev–Trinajstić information content (AvgIpc) is 2.42. The summed E-state index contributed by atoms with van der Waals surface area (Å²) in [6.07, 6.45) is 0. The van der Waals surface area contributed by atoms with Gasteiger partial charge in [0.2, 0.25) is 0 Å². The van der Waals surface area contributed by atoms with Gasteiger partial charge in [0.05, 0.1) is 10.6 Å². The fraction of sp³-hybridized carbons (Fsp3) is 0.0769. The maximum Gasteiger partial charge on any atom is 0.261 e. The second-order valence-corrected chi connectivity index (χ2v) is 7.53. The molecule has 0 saturated heterocycles. The molecular weight excluding hydrogens is 408 g/mol. The van der Waals surface area contributed by atoms with Gasteiger partial charge in [0.1, 0.15) is 0 Å². The Morgan fingerprint density at radius 2 is 1.70 bits per heavy atom. The number of hydrogen-bond donors (Lipinski definition) is 2. The van der Waals surface area contributed by atoms with Gasteiger partial charge >= 0.3 is 0 Å². The number of anilines is 1. The van der Waals surface area contributed by atoms with Crippen molar-refractivity contribution in [2.45, 2.75) is 11.4 Å². The zero-order chi connectivity index (χ0) is 14.8. The van der Waals surface area contributed by atoms with Crippen LogP contribution in [0.15, 0.2) is 56.3 Å². The van der Waals surface area contributed by atoms with Gasteiger partial charge < -0.3 is 5.73 Å². The number of rotatable bonds is 4. The van der Waals surface area contributed by atoms with Gasteiger partial charge in [-0.1, -0.05) is 28.1 Å². The topological polar surface area (TPSA) is 72.2 Å². The molecule has 4 nitrogen and oxygen atoms in total. The molecular formula is C13H12Br2N2O2S. The Labute approximate surface area is 134 Å². The van der Waals surface area contributed by atoms with E-state index in [9.17, 15) is 8.42 Å². The Morgan fingerprint density at radius 1 is 1.05 bits per heavy atom. The number of sulfonamides is 1. The van der Waals surface area contributed by atoms with Gasteiger partial charge in [-0.3, -0.25) is 4.72 Å². The van der Waals surface area contributed by atoms with E-state index in [0.717, 1.165) is 10.0 Å². The molecule has 0 aliphatic carbocycles. The maximum absolute atomic E-state index is 12.3. The molecule has 0 unspecified atom stereocenters. The van der Waals surface area contributed by atoms with E-state index in [-0.39, 0.29) is 4.90 Å². The van der Waals surface area contributed by atoms with Crippen LogP contribution in [0, 0.1) is 0 Å². The van der Waals surface area contributed by atoms with Crippen LogP contribution in [0.25, 0.3) is 0 Å². The number of nitrogens with one attached hydrogen (secondary N) is 1. The van der Waals surface area contributed by atoms with Crippen molar-refractivity contribution in [2.75, 3.05) is 4.72 Å². The standard InChI is InChI=1S/C13H12Br2N2O2S/c14-10-3-6-13(12(15)7-10)17-20(18,19)11-4-1-9(8-16)2-5-11/h1-7,17H,8,16H2. The summed E-state index contributed by atoms with van der Waals surface area (Å²) in [5, 5.41) is 0. The predicted molar refractivity (Wildman–Crippen MR) is 87.0 cm³/mol. The van der Waals surface area contributed by atoms with Gasteiger partial charge in [0.25, 0.3) is 10.0 Å². The molecule has 0 heterocycles. The monoisotopic (exact) mass is 418 g/mol. The number of hydrogen-bond acceptors (Lipinski definition) is 3. The van der Waals surface area contributed by atoms with Gasteiger partial charge in [-0.05, 0) is 51.8 Å². The molecule has 20 heavy (non-hydrogen) atoms. The van der Waals surface area contributed by atoms with E-state index in [1.165, 1.54) is 12.1 Å². The summed E-state index contributed by atoms with van der Waals surface area (Å²) >= 11 is 6.64. The highest BCUT2D eigenvalue weighted by molar-refractivity contribution is 9.11. The van der Waals surface area contributed by atoms with Crippen LogP contribution in [0.2, 0.25) is 0 Å². The minimum Gasteiger partial charge on any atom is -0.326 e. The molecule has 0 radical (unpaired) electrons. The molecule has 3 N–H and O–H groups in total. The summed E-state index contributed by atoms with van der Waals surface area (Å²) in [5.74, 6) is 0. The molecule has 2 aromatic carbocycles. The summed E-state index contributed by atoms with van der Waals surface area (Å²) in [7, 11) is -3.61. The molecule has 2 rings (SSSR count). The van der Waals surface area contributed by atoms with Gasteiger partial charge in [-0.2, -0.15) is 0 Å². The van der Waals surface area contributed by atoms with Crippen molar-refractivity contribution < 1.29 is 8.42 Å². The lowest BCUT2D eigenvalue weighted by Crippen LogP contribution is -2.13. The number of halogens is 2. The lowest BCUT2D eigenvalue weighted by molar-refractivity contribution is 0.601. The van der Waals surface area contributed by atoms with E-state index in [4.69, 9.17) is 5.73 Å². The lowest BCUT2D eigenvalue weighted by Gasteiger charge is -2.10. The van der Waals surface area contributed by atoms with Crippen LogP contribution >= 0.6 is 31.9 Å². The van der Waals surface area contributed by atoms with Crippen molar-refractivity contribution in [3.05, 3.63) is 57.0 Å². The average molecular weight is 420 g/mol. The molecule has 0 aromatic heterocycles. The molecule has 0 aliphatic heterocycles. The quantitative estimate of drug-likeness (QED) is 0.796. The summed E-state index contributed by atoms with van der Waals surface area (Å²) < 4.78 is 28.6. The molecule has 0 saturated carbocycles. The SMILES string of the molecule is NCc1ccc(S(=O)(=O)Nc2ccc(Br)cc2Br)cc1. The third kappa shape index (κ3) is 3.60. The van der Waals surface area contributed by atoms with E-state index in [1.807, 2.05) is 0 Å². The number of nitrogens with two attached hydrogens (primary N) is 1. The molecule has 106 valence electrons. The first-order valence-corrected chi connectivity index (χ1v) is 8.76. The Morgan fingerprint density at radius 3 is 2.25 bits per heavy atom. The number of benzene rings is 2. The molecule has 0 amide bonds. The van der Waals surface area contributed by atoms with Crippen LogP contribution in [0.4, 0.5) is 5.69 Å². The van der Waals surface area contributed by atoms with Crippen molar-refractivity contribution in [3.63, 3.8) is 0 Å². The van der Waals surface area contributed by atoms with E-state index < -0.39 is 10.0 Å². The predicted octanol–water partition coefficient (Wildman–Crippen LogP) is 3.47. The van der Waals surface area contributed by atoms with Crippen molar-refractivity contribution in [3.8, 4) is 0 Å². The van der Waals surface area contributed by atoms with Gasteiger partial charge in [0, 0.05) is 15.5 Å². The fourth-order valence-corrected chi connectivity index (χ4v) is 3.94.